The van der Waals surface area contributed by atoms with Gasteiger partial charge in [-0.15, -0.1) is 0 Å². The summed E-state index contributed by atoms with van der Waals surface area (Å²) in [5, 5.41) is 3.23. The van der Waals surface area contributed by atoms with Crippen LogP contribution in [0.25, 0.3) is 0 Å². The first kappa shape index (κ1) is 14.6. The Hall–Kier alpha value is -1.33. The first-order valence-electron chi connectivity index (χ1n) is 6.88. The second kappa shape index (κ2) is 5.81. The van der Waals surface area contributed by atoms with E-state index in [0.29, 0.717) is 0 Å². The number of likely N-dealkylation sites (N-methyl/N-ethyl adjacent to an activating group) is 1. The number of halogens is 3. The number of nitrogens with one attached hydrogen (secondary N) is 1. The van der Waals surface area contributed by atoms with E-state index in [1.807, 2.05) is 13.1 Å². The summed E-state index contributed by atoms with van der Waals surface area (Å²) in [6.45, 7) is 0. The van der Waals surface area contributed by atoms with Crippen molar-refractivity contribution in [3.8, 4) is 0 Å². The van der Waals surface area contributed by atoms with Gasteiger partial charge in [0.1, 0.15) is 0 Å². The van der Waals surface area contributed by atoms with Crippen molar-refractivity contribution in [2.24, 2.45) is 0 Å². The average molecular weight is 353 g/mol. The zero-order valence-electron chi connectivity index (χ0n) is 11.5. The van der Waals surface area contributed by atoms with E-state index >= 15 is 0 Å². The minimum atomic E-state index is -0.842. The van der Waals surface area contributed by atoms with Crippen molar-refractivity contribution in [3.05, 3.63) is 63.4 Å². The van der Waals surface area contributed by atoms with E-state index in [4.69, 9.17) is 0 Å². The van der Waals surface area contributed by atoms with Gasteiger partial charge in [0.05, 0.1) is 4.47 Å². The van der Waals surface area contributed by atoms with Gasteiger partial charge in [0.15, 0.2) is 11.6 Å². The number of benzene rings is 1. The van der Waals surface area contributed by atoms with Crippen LogP contribution in [0.5, 0.6) is 0 Å². The van der Waals surface area contributed by atoms with E-state index in [-0.39, 0.29) is 16.4 Å². The normalized spacial score (nSPS) is 18.6. The minimum Gasteiger partial charge on any atom is -0.312 e. The number of hydrogen-bond donors (Lipinski definition) is 1. The highest BCUT2D eigenvalue weighted by Gasteiger charge is 2.32. The molecule has 0 saturated heterocycles. The highest BCUT2D eigenvalue weighted by atomic mass is 79.9. The smallest absolute Gasteiger partial charge is 0.173 e. The molecule has 21 heavy (non-hydrogen) atoms. The van der Waals surface area contributed by atoms with Gasteiger partial charge < -0.3 is 5.32 Å². The third-order valence-electron chi connectivity index (χ3n) is 4.12. The molecular formula is C16H15BrF2N2. The van der Waals surface area contributed by atoms with Gasteiger partial charge in [-0.2, -0.15) is 0 Å². The summed E-state index contributed by atoms with van der Waals surface area (Å²) in [6.07, 6.45) is 3.70. The highest BCUT2D eigenvalue weighted by Crippen LogP contribution is 2.42. The minimum absolute atomic E-state index is 0.106. The van der Waals surface area contributed by atoms with Crippen LogP contribution in [0.3, 0.4) is 0 Å². The maximum atomic E-state index is 13.8. The highest BCUT2D eigenvalue weighted by molar-refractivity contribution is 9.10. The second-order valence-electron chi connectivity index (χ2n) is 5.22. The number of aryl methyl sites for hydroxylation is 1. The summed E-state index contributed by atoms with van der Waals surface area (Å²) in [6, 6.07) is 6.71. The van der Waals surface area contributed by atoms with Gasteiger partial charge in [0.25, 0.3) is 0 Å². The molecule has 0 saturated carbocycles. The second-order valence-corrected chi connectivity index (χ2v) is 6.02. The molecule has 110 valence electrons. The van der Waals surface area contributed by atoms with Crippen molar-refractivity contribution in [1.82, 2.24) is 10.3 Å². The van der Waals surface area contributed by atoms with Crippen molar-refractivity contribution < 1.29 is 8.78 Å². The van der Waals surface area contributed by atoms with Crippen molar-refractivity contribution in [3.63, 3.8) is 0 Å². The Bertz CT molecular complexity index is 675. The summed E-state index contributed by atoms with van der Waals surface area (Å²) in [7, 11) is 1.83. The lowest BCUT2D eigenvalue weighted by atomic mass is 9.90. The lowest BCUT2D eigenvalue weighted by molar-refractivity contribution is 0.456. The third-order valence-corrected chi connectivity index (χ3v) is 4.92. The van der Waals surface area contributed by atoms with Crippen LogP contribution in [0.2, 0.25) is 0 Å². The van der Waals surface area contributed by atoms with Gasteiger partial charge in [-0.05, 0) is 59.1 Å². The van der Waals surface area contributed by atoms with Crippen LogP contribution in [-0.2, 0) is 6.42 Å². The number of fused-ring (bicyclic) bond motifs is 1. The van der Waals surface area contributed by atoms with Crippen molar-refractivity contribution in [2.75, 3.05) is 7.05 Å². The Morgan fingerprint density at radius 1 is 1.33 bits per heavy atom. The van der Waals surface area contributed by atoms with E-state index in [2.05, 4.69) is 32.3 Å². The molecular weight excluding hydrogens is 338 g/mol. The molecule has 1 aromatic heterocycles. The fourth-order valence-electron chi connectivity index (χ4n) is 3.12. The van der Waals surface area contributed by atoms with Gasteiger partial charge in [0, 0.05) is 23.9 Å². The molecule has 0 aliphatic heterocycles. The number of nitrogens with zero attached hydrogens (tertiary/aromatic N) is 1. The quantitative estimate of drug-likeness (QED) is 0.840. The van der Waals surface area contributed by atoms with Crippen LogP contribution < -0.4 is 5.32 Å². The van der Waals surface area contributed by atoms with Crippen molar-refractivity contribution in [1.29, 1.82) is 0 Å². The molecule has 0 radical (unpaired) electrons. The van der Waals surface area contributed by atoms with Gasteiger partial charge >= 0.3 is 0 Å². The number of pyridine rings is 1. The molecule has 1 aliphatic carbocycles. The Morgan fingerprint density at radius 3 is 2.90 bits per heavy atom. The molecule has 5 heteroatoms. The van der Waals surface area contributed by atoms with E-state index in [9.17, 15) is 8.78 Å². The summed E-state index contributed by atoms with van der Waals surface area (Å²) >= 11 is 3.18. The summed E-state index contributed by atoms with van der Waals surface area (Å²) in [4.78, 5) is 4.48. The van der Waals surface area contributed by atoms with Crippen LogP contribution in [-0.4, -0.2) is 12.0 Å². The lowest BCUT2D eigenvalue weighted by Gasteiger charge is -2.25. The predicted molar refractivity (Wildman–Crippen MR) is 81.2 cm³/mol. The van der Waals surface area contributed by atoms with E-state index < -0.39 is 11.6 Å². The van der Waals surface area contributed by atoms with Gasteiger partial charge in [0.2, 0.25) is 0 Å². The Labute approximate surface area is 130 Å². The predicted octanol–water partition coefficient (Wildman–Crippen LogP) is 4.11. The average Bonchev–Trinajstić information content (AvgIpc) is 2.92. The molecule has 1 aromatic carbocycles. The summed E-state index contributed by atoms with van der Waals surface area (Å²) in [5.74, 6) is -1.52. The van der Waals surface area contributed by atoms with Crippen LogP contribution in [0, 0.1) is 11.6 Å². The first-order chi connectivity index (χ1) is 10.1. The molecule has 0 fully saturated rings. The number of rotatable bonds is 3. The Morgan fingerprint density at radius 2 is 2.14 bits per heavy atom. The van der Waals surface area contributed by atoms with Gasteiger partial charge in [-0.25, -0.2) is 8.78 Å². The van der Waals surface area contributed by atoms with Crippen LogP contribution in [0.1, 0.15) is 35.2 Å². The fourth-order valence-corrected chi connectivity index (χ4v) is 3.69. The molecule has 0 spiro atoms. The van der Waals surface area contributed by atoms with Crippen molar-refractivity contribution >= 4 is 15.9 Å². The molecule has 1 aliphatic rings. The Kier molecular flexibility index (Phi) is 4.04. The topological polar surface area (TPSA) is 24.9 Å². The molecule has 0 bridgehead atoms. The van der Waals surface area contributed by atoms with Crippen LogP contribution in [0.4, 0.5) is 8.78 Å². The Balaban J connectivity index is 2.03. The zero-order valence-corrected chi connectivity index (χ0v) is 13.1. The number of aromatic nitrogens is 1. The van der Waals surface area contributed by atoms with Gasteiger partial charge in [-0.1, -0.05) is 12.1 Å². The molecule has 2 aromatic rings. The van der Waals surface area contributed by atoms with Gasteiger partial charge in [-0.3, -0.25) is 4.98 Å². The first-order valence-corrected chi connectivity index (χ1v) is 7.67. The molecule has 1 heterocycles. The van der Waals surface area contributed by atoms with Crippen LogP contribution in [0.15, 0.2) is 34.9 Å². The molecule has 1 N–H and O–H groups in total. The zero-order chi connectivity index (χ0) is 15.0. The monoisotopic (exact) mass is 352 g/mol. The van der Waals surface area contributed by atoms with E-state index in [1.54, 1.807) is 12.3 Å². The lowest BCUT2D eigenvalue weighted by Crippen LogP contribution is -2.24. The summed E-state index contributed by atoms with van der Waals surface area (Å²) in [5.41, 5.74) is 3.01. The third kappa shape index (κ3) is 2.49. The molecule has 3 rings (SSSR count). The number of hydrogen-bond acceptors (Lipinski definition) is 2. The maximum Gasteiger partial charge on any atom is 0.173 e. The molecule has 2 atom stereocenters. The van der Waals surface area contributed by atoms with Crippen LogP contribution >= 0.6 is 15.9 Å². The summed E-state index contributed by atoms with van der Waals surface area (Å²) < 4.78 is 27.3. The maximum absolute atomic E-state index is 13.8. The van der Waals surface area contributed by atoms with E-state index in [1.165, 1.54) is 11.6 Å². The molecule has 0 amide bonds. The largest absolute Gasteiger partial charge is 0.312 e. The van der Waals surface area contributed by atoms with E-state index in [0.717, 1.165) is 24.1 Å². The SMILES string of the molecule is CNC(c1ccc(F)c(F)c1Br)C1CCc2cccnc21. The molecule has 2 nitrogen and oxygen atoms in total. The standard InChI is InChI=1S/C16H15BrF2N2/c1-20-16(10-6-7-12(18)14(19)13(10)17)11-5-4-9-3-2-8-21-15(9)11/h2-3,6-8,11,16,20H,4-5H2,1H3. The fraction of sp³-hybridized carbons (Fsp3) is 0.312. The van der Waals surface area contributed by atoms with Crippen molar-refractivity contribution in [2.45, 2.75) is 24.8 Å². The molecule has 2 unspecified atom stereocenters.